The minimum atomic E-state index is 0.425. The Labute approximate surface area is 112 Å². The second kappa shape index (κ2) is 5.74. The van der Waals surface area contributed by atoms with E-state index in [-0.39, 0.29) is 0 Å². The largest absolute Gasteiger partial charge is 0.481 e. The number of benzene rings is 1. The van der Waals surface area contributed by atoms with Crippen LogP contribution in [0.3, 0.4) is 0 Å². The fourth-order valence-electron chi connectivity index (χ4n) is 2.00. The molecule has 4 heteroatoms. The first-order chi connectivity index (χ1) is 8.20. The first-order valence-corrected chi connectivity index (χ1v) is 6.57. The van der Waals surface area contributed by atoms with Gasteiger partial charge in [0.1, 0.15) is 0 Å². The molecule has 17 heavy (non-hydrogen) atoms. The molecule has 0 spiro atoms. The van der Waals surface area contributed by atoms with Gasteiger partial charge in [0.2, 0.25) is 0 Å². The SMILES string of the molecule is CCOC1=NC[C@@H](c2ccc(Cl)c(Cl)c2)CC1. The summed E-state index contributed by atoms with van der Waals surface area (Å²) in [6.45, 7) is 3.44. The lowest BCUT2D eigenvalue weighted by molar-refractivity contribution is 0.307. The maximum absolute atomic E-state index is 6.02. The van der Waals surface area contributed by atoms with Crippen LogP contribution >= 0.6 is 23.2 Å². The number of aliphatic imine (C=N–C) groups is 1. The number of rotatable bonds is 2. The second-order valence-electron chi connectivity index (χ2n) is 4.08. The Morgan fingerprint density at radius 3 is 2.76 bits per heavy atom. The van der Waals surface area contributed by atoms with Crippen molar-refractivity contribution in [1.82, 2.24) is 0 Å². The third-order valence-electron chi connectivity index (χ3n) is 2.92. The molecular formula is C13H15Cl2NO. The van der Waals surface area contributed by atoms with Gasteiger partial charge in [-0.2, -0.15) is 0 Å². The molecule has 0 amide bonds. The standard InChI is InChI=1S/C13H15Cl2NO/c1-2-17-13-6-4-10(8-16-13)9-3-5-11(14)12(15)7-9/h3,5,7,10H,2,4,6,8H2,1H3/t10-/m0/s1. The predicted octanol–water partition coefficient (Wildman–Crippen LogP) is 4.31. The van der Waals surface area contributed by atoms with Crippen LogP contribution in [0.15, 0.2) is 23.2 Å². The normalized spacial score (nSPS) is 19.9. The lowest BCUT2D eigenvalue weighted by atomic mass is 9.92. The van der Waals surface area contributed by atoms with E-state index >= 15 is 0 Å². The van der Waals surface area contributed by atoms with Gasteiger partial charge in [0, 0.05) is 18.9 Å². The molecule has 2 rings (SSSR count). The molecule has 92 valence electrons. The van der Waals surface area contributed by atoms with Crippen molar-refractivity contribution in [2.45, 2.75) is 25.7 Å². The topological polar surface area (TPSA) is 21.6 Å². The monoisotopic (exact) mass is 271 g/mol. The van der Waals surface area contributed by atoms with Crippen molar-refractivity contribution in [1.29, 1.82) is 0 Å². The minimum Gasteiger partial charge on any atom is -0.481 e. The molecule has 1 heterocycles. The average molecular weight is 272 g/mol. The summed E-state index contributed by atoms with van der Waals surface area (Å²) in [5.41, 5.74) is 1.21. The van der Waals surface area contributed by atoms with Gasteiger partial charge in [-0.3, -0.25) is 4.99 Å². The fraction of sp³-hybridized carbons (Fsp3) is 0.462. The summed E-state index contributed by atoms with van der Waals surface area (Å²) < 4.78 is 5.41. The smallest absolute Gasteiger partial charge is 0.183 e. The molecule has 0 aromatic heterocycles. The first kappa shape index (κ1) is 12.7. The fourth-order valence-corrected chi connectivity index (χ4v) is 2.31. The average Bonchev–Trinajstić information content (AvgIpc) is 2.34. The maximum Gasteiger partial charge on any atom is 0.183 e. The lowest BCUT2D eigenvalue weighted by Crippen LogP contribution is -2.16. The molecule has 1 aromatic rings. The van der Waals surface area contributed by atoms with Crippen LogP contribution in [-0.2, 0) is 4.74 Å². The lowest BCUT2D eigenvalue weighted by Gasteiger charge is -2.21. The van der Waals surface area contributed by atoms with Crippen LogP contribution < -0.4 is 0 Å². The van der Waals surface area contributed by atoms with Crippen molar-refractivity contribution in [3.05, 3.63) is 33.8 Å². The van der Waals surface area contributed by atoms with Crippen molar-refractivity contribution in [3.63, 3.8) is 0 Å². The number of nitrogens with zero attached hydrogens (tertiary/aromatic N) is 1. The van der Waals surface area contributed by atoms with E-state index in [2.05, 4.69) is 4.99 Å². The van der Waals surface area contributed by atoms with Crippen LogP contribution in [0.2, 0.25) is 10.0 Å². The van der Waals surface area contributed by atoms with Crippen molar-refractivity contribution in [3.8, 4) is 0 Å². The summed E-state index contributed by atoms with van der Waals surface area (Å²) in [5.74, 6) is 1.30. The van der Waals surface area contributed by atoms with Crippen LogP contribution in [0.4, 0.5) is 0 Å². The maximum atomic E-state index is 6.02. The van der Waals surface area contributed by atoms with Gasteiger partial charge in [-0.05, 0) is 31.0 Å². The zero-order valence-corrected chi connectivity index (χ0v) is 11.3. The predicted molar refractivity (Wildman–Crippen MR) is 72.4 cm³/mol. The Morgan fingerprint density at radius 1 is 1.35 bits per heavy atom. The molecule has 0 saturated carbocycles. The Kier molecular flexibility index (Phi) is 4.30. The summed E-state index contributed by atoms with van der Waals surface area (Å²) in [5, 5.41) is 1.22. The zero-order chi connectivity index (χ0) is 12.3. The Balaban J connectivity index is 2.07. The molecule has 0 saturated heterocycles. The van der Waals surface area contributed by atoms with Crippen LogP contribution in [-0.4, -0.2) is 19.0 Å². The summed E-state index contributed by atoms with van der Waals surface area (Å²) in [7, 11) is 0. The van der Waals surface area contributed by atoms with E-state index in [9.17, 15) is 0 Å². The highest BCUT2D eigenvalue weighted by molar-refractivity contribution is 6.42. The molecule has 0 bridgehead atoms. The molecule has 2 nitrogen and oxygen atoms in total. The van der Waals surface area contributed by atoms with Gasteiger partial charge in [-0.1, -0.05) is 29.3 Å². The Bertz CT molecular complexity index is 431. The van der Waals surface area contributed by atoms with Crippen LogP contribution in [0.1, 0.15) is 31.2 Å². The van der Waals surface area contributed by atoms with E-state index in [0.29, 0.717) is 22.6 Å². The quantitative estimate of drug-likeness (QED) is 0.786. The van der Waals surface area contributed by atoms with Gasteiger partial charge in [-0.25, -0.2) is 0 Å². The van der Waals surface area contributed by atoms with Gasteiger partial charge < -0.3 is 4.74 Å². The molecule has 1 atom stereocenters. The van der Waals surface area contributed by atoms with E-state index < -0.39 is 0 Å². The van der Waals surface area contributed by atoms with Gasteiger partial charge in [0.15, 0.2) is 5.90 Å². The molecule has 1 aliphatic rings. The van der Waals surface area contributed by atoms with Gasteiger partial charge in [0.05, 0.1) is 16.7 Å². The number of hydrogen-bond acceptors (Lipinski definition) is 2. The summed E-state index contributed by atoms with van der Waals surface area (Å²) in [6.07, 6.45) is 1.95. The van der Waals surface area contributed by atoms with Gasteiger partial charge in [0.25, 0.3) is 0 Å². The summed E-state index contributed by atoms with van der Waals surface area (Å²) in [4.78, 5) is 4.45. The molecule has 0 N–H and O–H groups in total. The molecule has 0 unspecified atom stereocenters. The summed E-state index contributed by atoms with van der Waals surface area (Å²) in [6, 6.07) is 5.82. The van der Waals surface area contributed by atoms with Crippen molar-refractivity contribution >= 4 is 29.1 Å². The molecule has 0 radical (unpaired) electrons. The number of ether oxygens (including phenoxy) is 1. The van der Waals surface area contributed by atoms with E-state index in [0.717, 1.165) is 25.3 Å². The number of halogens is 2. The first-order valence-electron chi connectivity index (χ1n) is 5.81. The summed E-state index contributed by atoms with van der Waals surface area (Å²) >= 11 is 11.9. The van der Waals surface area contributed by atoms with E-state index in [1.54, 1.807) is 0 Å². The zero-order valence-electron chi connectivity index (χ0n) is 9.75. The number of hydrogen-bond donors (Lipinski definition) is 0. The highest BCUT2D eigenvalue weighted by Crippen LogP contribution is 2.30. The molecule has 1 aliphatic heterocycles. The van der Waals surface area contributed by atoms with Crippen molar-refractivity contribution < 1.29 is 4.74 Å². The van der Waals surface area contributed by atoms with Gasteiger partial charge in [-0.15, -0.1) is 0 Å². The van der Waals surface area contributed by atoms with Crippen LogP contribution in [0.5, 0.6) is 0 Å². The molecule has 1 aromatic carbocycles. The van der Waals surface area contributed by atoms with Crippen LogP contribution in [0, 0.1) is 0 Å². The van der Waals surface area contributed by atoms with E-state index in [4.69, 9.17) is 27.9 Å². The minimum absolute atomic E-state index is 0.425. The Hall–Kier alpha value is -0.730. The highest BCUT2D eigenvalue weighted by atomic mass is 35.5. The third-order valence-corrected chi connectivity index (χ3v) is 3.66. The molecular weight excluding hydrogens is 257 g/mol. The van der Waals surface area contributed by atoms with Gasteiger partial charge >= 0.3 is 0 Å². The molecule has 0 aliphatic carbocycles. The Morgan fingerprint density at radius 2 is 2.18 bits per heavy atom. The third kappa shape index (κ3) is 3.14. The van der Waals surface area contributed by atoms with E-state index in [1.165, 1.54) is 5.56 Å². The van der Waals surface area contributed by atoms with E-state index in [1.807, 2.05) is 25.1 Å². The van der Waals surface area contributed by atoms with Crippen molar-refractivity contribution in [2.24, 2.45) is 4.99 Å². The molecule has 0 fully saturated rings. The highest BCUT2D eigenvalue weighted by Gasteiger charge is 2.18. The van der Waals surface area contributed by atoms with Crippen molar-refractivity contribution in [2.75, 3.05) is 13.2 Å². The van der Waals surface area contributed by atoms with Crippen LogP contribution in [0.25, 0.3) is 0 Å². The second-order valence-corrected chi connectivity index (χ2v) is 4.89.